The molecule has 4 rings (SSSR count). The topological polar surface area (TPSA) is 133 Å². The number of anilines is 1. The summed E-state index contributed by atoms with van der Waals surface area (Å²) in [5.41, 5.74) is 2.84. The predicted molar refractivity (Wildman–Crippen MR) is 108 cm³/mol. The zero-order chi connectivity index (χ0) is 21.1. The Morgan fingerprint density at radius 3 is 3.00 bits per heavy atom. The molecule has 3 N–H and O–H groups in total. The van der Waals surface area contributed by atoms with Crippen LogP contribution >= 0.6 is 11.8 Å². The van der Waals surface area contributed by atoms with E-state index in [0.717, 1.165) is 17.1 Å². The first-order chi connectivity index (χ1) is 14.6. The maximum absolute atomic E-state index is 13.3. The molecule has 0 bridgehead atoms. The fourth-order valence-corrected chi connectivity index (χ4v) is 4.80. The number of nitrogens with one attached hydrogen (secondary N) is 2. The minimum absolute atomic E-state index is 0.184. The summed E-state index contributed by atoms with van der Waals surface area (Å²) in [6.45, 7) is -0.288. The molecule has 0 fully saturated rings. The number of rotatable bonds is 6. The van der Waals surface area contributed by atoms with Crippen LogP contribution < -0.4 is 10.4 Å². The maximum atomic E-state index is 13.3. The van der Waals surface area contributed by atoms with Crippen molar-refractivity contribution in [1.82, 2.24) is 26.1 Å². The molecular weight excluding hydrogens is 408 g/mol. The van der Waals surface area contributed by atoms with Gasteiger partial charge in [0.1, 0.15) is 12.3 Å². The number of allylic oxidation sites excluding steroid dienone is 3. The normalized spacial score (nSPS) is 20.5. The number of methoxy groups -OCH3 is 1. The Morgan fingerprint density at radius 2 is 2.33 bits per heavy atom. The number of fused-ring (bicyclic) bond motifs is 1. The molecule has 0 radical (unpaired) electrons. The van der Waals surface area contributed by atoms with Gasteiger partial charge in [-0.15, -0.1) is 22.0 Å². The van der Waals surface area contributed by atoms with Crippen molar-refractivity contribution in [2.75, 3.05) is 18.6 Å². The lowest BCUT2D eigenvalue weighted by Crippen LogP contribution is -2.46. The molecular formula is C19H20N6O4S. The fraction of sp³-hybridized carbons (Fsp3) is 0.316. The Balaban J connectivity index is 1.61. The quantitative estimate of drug-likeness (QED) is 0.467. The van der Waals surface area contributed by atoms with Gasteiger partial charge in [0.2, 0.25) is 11.7 Å². The Bertz CT molecular complexity index is 1010. The molecule has 2 heterocycles. The second-order valence-corrected chi connectivity index (χ2v) is 8.13. The molecule has 2 atom stereocenters. The number of carbonyl (C=O) groups excluding carboxylic acids is 2. The van der Waals surface area contributed by atoms with Gasteiger partial charge >= 0.3 is 0 Å². The van der Waals surface area contributed by atoms with Crippen molar-refractivity contribution in [3.05, 3.63) is 42.2 Å². The highest BCUT2D eigenvalue weighted by Crippen LogP contribution is 2.43. The molecule has 11 heteroatoms. The van der Waals surface area contributed by atoms with Crippen LogP contribution in [0.4, 0.5) is 5.69 Å². The number of benzene rings is 1. The Morgan fingerprint density at radius 1 is 1.47 bits per heavy atom. The number of hydrogen-bond acceptors (Lipinski definition) is 8. The van der Waals surface area contributed by atoms with Crippen LogP contribution in [0.25, 0.3) is 11.4 Å². The largest absolute Gasteiger partial charge is 0.497 e. The number of H-pyrrole nitrogens is 1. The predicted octanol–water partition coefficient (Wildman–Crippen LogP) is 1.68. The van der Waals surface area contributed by atoms with Crippen molar-refractivity contribution in [2.45, 2.75) is 23.0 Å². The lowest BCUT2D eigenvalue weighted by atomic mass is 9.94. The summed E-state index contributed by atoms with van der Waals surface area (Å²) in [5.74, 6) is 0.539. The molecule has 1 aliphatic heterocycles. The zero-order valence-electron chi connectivity index (χ0n) is 16.1. The average Bonchev–Trinajstić information content (AvgIpc) is 3.31. The minimum Gasteiger partial charge on any atom is -0.497 e. The second-order valence-electron chi connectivity index (χ2n) is 6.88. The van der Waals surface area contributed by atoms with Crippen molar-refractivity contribution >= 4 is 29.3 Å². The summed E-state index contributed by atoms with van der Waals surface area (Å²) >= 11 is 1.47. The molecule has 0 saturated carbocycles. The monoisotopic (exact) mass is 428 g/mol. The van der Waals surface area contributed by atoms with Crippen molar-refractivity contribution in [3.8, 4) is 11.4 Å². The van der Waals surface area contributed by atoms with Gasteiger partial charge in [-0.25, -0.2) is 5.48 Å². The van der Waals surface area contributed by atoms with Crippen LogP contribution in [0.15, 0.2) is 47.1 Å². The van der Waals surface area contributed by atoms with E-state index in [9.17, 15) is 9.59 Å². The van der Waals surface area contributed by atoms with Crippen molar-refractivity contribution in [3.63, 3.8) is 0 Å². The smallest absolute Gasteiger partial charge is 0.263 e. The highest BCUT2D eigenvalue weighted by atomic mass is 32.2. The third kappa shape index (κ3) is 4.07. The Hall–Kier alpha value is -3.18. The van der Waals surface area contributed by atoms with Crippen molar-refractivity contribution < 1.29 is 19.5 Å². The lowest BCUT2D eigenvalue weighted by molar-refractivity contribution is -0.129. The minimum atomic E-state index is -0.671. The molecule has 10 nitrogen and oxygen atoms in total. The molecule has 1 aromatic heterocycles. The summed E-state index contributed by atoms with van der Waals surface area (Å²) in [6.07, 6.45) is 7.37. The number of carbonyl (C=O) groups is 2. The first-order valence-electron chi connectivity index (χ1n) is 9.30. The summed E-state index contributed by atoms with van der Waals surface area (Å²) in [6, 6.07) is 5.48. The van der Waals surface area contributed by atoms with E-state index in [4.69, 9.17) is 9.94 Å². The maximum Gasteiger partial charge on any atom is 0.263 e. The standard InChI is InChI=1S/C19H20N6O4S/c1-29-13-5-2-11(3-6-13)8-16-19(27)25(10-17(26)22-28)14-9-12(4-7-15(14)30-16)18-20-23-24-21-18/h2,4-7,9,11,16,28H,3,8,10H2,1H3,(H,22,26)(H,20,21,23,24). The van der Waals surface area contributed by atoms with E-state index in [1.54, 1.807) is 18.7 Å². The number of hydrogen-bond donors (Lipinski definition) is 3. The van der Waals surface area contributed by atoms with E-state index in [0.29, 0.717) is 23.5 Å². The van der Waals surface area contributed by atoms with E-state index < -0.39 is 5.91 Å². The number of ether oxygens (including phenoxy) is 1. The fourth-order valence-electron chi connectivity index (χ4n) is 3.48. The first kappa shape index (κ1) is 20.1. The Labute approximate surface area is 176 Å². The van der Waals surface area contributed by atoms with Gasteiger partial charge in [0.05, 0.1) is 18.0 Å². The highest BCUT2D eigenvalue weighted by molar-refractivity contribution is 8.01. The average molecular weight is 428 g/mol. The van der Waals surface area contributed by atoms with E-state index >= 15 is 0 Å². The molecule has 0 spiro atoms. The van der Waals surface area contributed by atoms with Crippen LogP contribution in [-0.2, 0) is 14.3 Å². The number of hydroxylamine groups is 1. The van der Waals surface area contributed by atoms with Crippen LogP contribution in [0, 0.1) is 5.92 Å². The third-order valence-electron chi connectivity index (χ3n) is 5.00. The van der Waals surface area contributed by atoms with Crippen LogP contribution in [0.2, 0.25) is 0 Å². The van der Waals surface area contributed by atoms with Gasteiger partial charge in [0.15, 0.2) is 0 Å². The molecule has 2 aliphatic rings. The number of amides is 2. The summed E-state index contributed by atoms with van der Waals surface area (Å²) in [4.78, 5) is 27.4. The lowest BCUT2D eigenvalue weighted by Gasteiger charge is -2.34. The van der Waals surface area contributed by atoms with Gasteiger partial charge < -0.3 is 9.64 Å². The number of tetrazole rings is 1. The SMILES string of the molecule is COC1=CCC(CC2Sc3ccc(-c4nn[nH]n4)cc3N(CC(=O)NO)C2=O)C=C1. The van der Waals surface area contributed by atoms with E-state index in [1.807, 2.05) is 30.4 Å². The van der Waals surface area contributed by atoms with Gasteiger partial charge in [-0.2, -0.15) is 5.21 Å². The summed E-state index contributed by atoms with van der Waals surface area (Å²) in [7, 11) is 1.63. The molecule has 2 amide bonds. The van der Waals surface area contributed by atoms with E-state index in [2.05, 4.69) is 20.6 Å². The number of thioether (sulfide) groups is 1. The van der Waals surface area contributed by atoms with Crippen LogP contribution in [0.5, 0.6) is 0 Å². The van der Waals surface area contributed by atoms with Crippen molar-refractivity contribution in [2.24, 2.45) is 5.92 Å². The highest BCUT2D eigenvalue weighted by Gasteiger charge is 2.36. The number of nitrogens with zero attached hydrogens (tertiary/aromatic N) is 4. The molecule has 30 heavy (non-hydrogen) atoms. The van der Waals surface area contributed by atoms with Crippen LogP contribution in [0.1, 0.15) is 12.8 Å². The second kappa shape index (κ2) is 8.67. The number of aromatic amines is 1. The van der Waals surface area contributed by atoms with Crippen LogP contribution in [0.3, 0.4) is 0 Å². The molecule has 1 aromatic carbocycles. The van der Waals surface area contributed by atoms with Gasteiger partial charge in [-0.05, 0) is 54.3 Å². The zero-order valence-corrected chi connectivity index (χ0v) is 16.9. The number of aromatic nitrogens is 4. The molecule has 2 unspecified atom stereocenters. The van der Waals surface area contributed by atoms with Crippen molar-refractivity contribution in [1.29, 1.82) is 0 Å². The van der Waals surface area contributed by atoms with Gasteiger partial charge in [-0.1, -0.05) is 6.08 Å². The third-order valence-corrected chi connectivity index (χ3v) is 6.28. The van der Waals surface area contributed by atoms with E-state index in [1.165, 1.54) is 16.7 Å². The van der Waals surface area contributed by atoms with Gasteiger partial charge in [0.25, 0.3) is 5.91 Å². The Kier molecular flexibility index (Phi) is 5.81. The van der Waals surface area contributed by atoms with E-state index in [-0.39, 0.29) is 23.6 Å². The van der Waals surface area contributed by atoms with Crippen LogP contribution in [-0.4, -0.2) is 56.6 Å². The first-order valence-corrected chi connectivity index (χ1v) is 10.2. The molecule has 2 aromatic rings. The van der Waals surface area contributed by atoms with Gasteiger partial charge in [0, 0.05) is 10.5 Å². The molecule has 1 aliphatic carbocycles. The molecule has 0 saturated heterocycles. The van der Waals surface area contributed by atoms with Gasteiger partial charge in [-0.3, -0.25) is 14.8 Å². The molecule has 156 valence electrons. The summed E-state index contributed by atoms with van der Waals surface area (Å²) < 4.78 is 5.22. The summed E-state index contributed by atoms with van der Waals surface area (Å²) in [5, 5.41) is 22.5.